The van der Waals surface area contributed by atoms with E-state index in [0.717, 1.165) is 37.4 Å². The largest absolute Gasteiger partial charge is 0.461 e. The highest BCUT2D eigenvalue weighted by Gasteiger charge is 2.15. The lowest BCUT2D eigenvalue weighted by Gasteiger charge is -2.29. The second-order valence-corrected chi connectivity index (χ2v) is 6.47. The van der Waals surface area contributed by atoms with Gasteiger partial charge >= 0.3 is 0 Å². The Labute approximate surface area is 155 Å². The lowest BCUT2D eigenvalue weighted by Crippen LogP contribution is -2.43. The Bertz CT molecular complexity index is 1080. The van der Waals surface area contributed by atoms with E-state index in [-0.39, 0.29) is 0 Å². The molecule has 0 spiro atoms. The lowest BCUT2D eigenvalue weighted by molar-refractivity contribution is 0.577. The fraction of sp³-hybridized carbons (Fsp3) is 0.211. The first kappa shape index (κ1) is 15.8. The molecule has 0 atom stereocenters. The third-order valence-electron chi connectivity index (χ3n) is 4.72. The van der Waals surface area contributed by atoms with Gasteiger partial charge < -0.3 is 20.4 Å². The van der Waals surface area contributed by atoms with Crippen molar-refractivity contribution in [3.63, 3.8) is 0 Å². The minimum Gasteiger partial charge on any atom is -0.461 e. The zero-order valence-electron chi connectivity index (χ0n) is 14.7. The number of piperazine rings is 1. The van der Waals surface area contributed by atoms with E-state index in [1.807, 2.05) is 24.3 Å². The zero-order valence-corrected chi connectivity index (χ0v) is 14.7. The highest BCUT2D eigenvalue weighted by atomic mass is 16.3. The van der Waals surface area contributed by atoms with Gasteiger partial charge in [0.2, 0.25) is 11.8 Å². The van der Waals surface area contributed by atoms with Crippen LogP contribution in [0.4, 0.5) is 11.6 Å². The molecular formula is C19H19N7O. The van der Waals surface area contributed by atoms with Gasteiger partial charge in [-0.05, 0) is 24.3 Å². The van der Waals surface area contributed by atoms with Gasteiger partial charge in [0.05, 0.1) is 12.0 Å². The summed E-state index contributed by atoms with van der Waals surface area (Å²) in [6.07, 6.45) is 1.59. The summed E-state index contributed by atoms with van der Waals surface area (Å²) in [7, 11) is 0. The molecule has 1 saturated heterocycles. The van der Waals surface area contributed by atoms with Crippen molar-refractivity contribution in [3.05, 3.63) is 48.7 Å². The Morgan fingerprint density at radius 3 is 2.74 bits per heavy atom. The van der Waals surface area contributed by atoms with E-state index in [1.165, 1.54) is 10.2 Å². The number of anilines is 2. The molecule has 0 saturated carbocycles. The Morgan fingerprint density at radius 1 is 1.04 bits per heavy atom. The van der Waals surface area contributed by atoms with Crippen LogP contribution in [0.1, 0.15) is 0 Å². The third kappa shape index (κ3) is 2.89. The van der Waals surface area contributed by atoms with Crippen molar-refractivity contribution in [1.82, 2.24) is 24.9 Å². The number of furan rings is 1. The van der Waals surface area contributed by atoms with Crippen LogP contribution in [-0.2, 0) is 0 Å². The second-order valence-electron chi connectivity index (χ2n) is 6.47. The normalized spacial score (nSPS) is 14.7. The van der Waals surface area contributed by atoms with E-state index in [1.54, 1.807) is 12.3 Å². The predicted molar refractivity (Wildman–Crippen MR) is 103 cm³/mol. The highest BCUT2D eigenvalue weighted by molar-refractivity contribution is 5.70. The Morgan fingerprint density at radius 2 is 1.93 bits per heavy atom. The van der Waals surface area contributed by atoms with E-state index in [9.17, 15) is 0 Å². The van der Waals surface area contributed by atoms with Crippen molar-refractivity contribution < 1.29 is 4.42 Å². The van der Waals surface area contributed by atoms with Gasteiger partial charge in [0, 0.05) is 43.5 Å². The molecule has 8 nitrogen and oxygen atoms in total. The molecule has 3 aromatic heterocycles. The van der Waals surface area contributed by atoms with Crippen molar-refractivity contribution in [2.75, 3.05) is 36.8 Å². The molecule has 1 aromatic carbocycles. The van der Waals surface area contributed by atoms with Crippen molar-refractivity contribution in [2.45, 2.75) is 0 Å². The summed E-state index contributed by atoms with van der Waals surface area (Å²) in [6.45, 7) is 3.98. The summed E-state index contributed by atoms with van der Waals surface area (Å²) in [5.74, 6) is 1.38. The van der Waals surface area contributed by atoms with Crippen LogP contribution in [0.2, 0.25) is 0 Å². The standard InChI is InChI=1S/C19H19N7O/c20-19-22-15(12-17-23-18(24-26(17)19)16-5-2-10-27-16)13-3-1-4-14(11-13)25-8-6-21-7-9-25/h1-5,10-12,21H,6-9H2,(H2,20,22). The third-order valence-corrected chi connectivity index (χ3v) is 4.72. The number of hydrogen-bond acceptors (Lipinski definition) is 7. The van der Waals surface area contributed by atoms with Crippen LogP contribution in [0.15, 0.2) is 53.1 Å². The molecule has 4 heterocycles. The molecule has 1 fully saturated rings. The van der Waals surface area contributed by atoms with Crippen molar-refractivity contribution in [1.29, 1.82) is 0 Å². The minimum atomic E-state index is 0.292. The zero-order chi connectivity index (χ0) is 18.2. The number of benzene rings is 1. The molecule has 0 aliphatic carbocycles. The van der Waals surface area contributed by atoms with Gasteiger partial charge in [0.15, 0.2) is 11.4 Å². The van der Waals surface area contributed by atoms with Crippen LogP contribution in [0.25, 0.3) is 28.5 Å². The number of nitrogens with zero attached hydrogens (tertiary/aromatic N) is 5. The summed E-state index contributed by atoms with van der Waals surface area (Å²) in [4.78, 5) is 11.4. The van der Waals surface area contributed by atoms with Gasteiger partial charge in [0.25, 0.3) is 0 Å². The van der Waals surface area contributed by atoms with E-state index in [2.05, 4.69) is 37.4 Å². The first-order chi connectivity index (χ1) is 13.3. The van der Waals surface area contributed by atoms with Crippen molar-refractivity contribution >= 4 is 17.3 Å². The summed E-state index contributed by atoms with van der Waals surface area (Å²) in [5.41, 5.74) is 9.74. The minimum absolute atomic E-state index is 0.292. The molecule has 3 N–H and O–H groups in total. The number of rotatable bonds is 3. The van der Waals surface area contributed by atoms with Crippen LogP contribution in [0.3, 0.4) is 0 Å². The molecule has 0 unspecified atom stereocenters. The fourth-order valence-electron chi connectivity index (χ4n) is 3.35. The molecule has 0 bridgehead atoms. The van der Waals surface area contributed by atoms with E-state index < -0.39 is 0 Å². The van der Waals surface area contributed by atoms with Crippen LogP contribution in [0.5, 0.6) is 0 Å². The van der Waals surface area contributed by atoms with Crippen LogP contribution in [-0.4, -0.2) is 45.8 Å². The number of hydrogen-bond donors (Lipinski definition) is 2. The summed E-state index contributed by atoms with van der Waals surface area (Å²) in [6, 6.07) is 13.9. The van der Waals surface area contributed by atoms with Crippen LogP contribution < -0.4 is 16.0 Å². The molecule has 27 heavy (non-hydrogen) atoms. The molecular weight excluding hydrogens is 342 g/mol. The maximum atomic E-state index is 6.14. The molecule has 8 heteroatoms. The summed E-state index contributed by atoms with van der Waals surface area (Å²) < 4.78 is 6.91. The highest BCUT2D eigenvalue weighted by Crippen LogP contribution is 2.26. The molecule has 136 valence electrons. The predicted octanol–water partition coefficient (Wildman–Crippen LogP) is 2.04. The van der Waals surface area contributed by atoms with E-state index >= 15 is 0 Å². The fourth-order valence-corrected chi connectivity index (χ4v) is 3.35. The number of nitrogen functional groups attached to an aromatic ring is 1. The van der Waals surface area contributed by atoms with E-state index in [4.69, 9.17) is 10.2 Å². The van der Waals surface area contributed by atoms with Crippen LogP contribution in [0, 0.1) is 0 Å². The molecule has 1 aliphatic heterocycles. The summed E-state index contributed by atoms with van der Waals surface area (Å²) in [5, 5.41) is 7.77. The topological polar surface area (TPSA) is 97.5 Å². The average Bonchev–Trinajstić information content (AvgIpc) is 3.38. The van der Waals surface area contributed by atoms with Gasteiger partial charge in [0.1, 0.15) is 0 Å². The first-order valence-corrected chi connectivity index (χ1v) is 8.91. The molecule has 0 amide bonds. The average molecular weight is 361 g/mol. The Kier molecular flexibility index (Phi) is 3.75. The number of fused-ring (bicyclic) bond motifs is 1. The molecule has 5 rings (SSSR count). The summed E-state index contributed by atoms with van der Waals surface area (Å²) >= 11 is 0. The first-order valence-electron chi connectivity index (χ1n) is 8.91. The van der Waals surface area contributed by atoms with Crippen molar-refractivity contribution in [3.8, 4) is 22.8 Å². The van der Waals surface area contributed by atoms with Gasteiger partial charge in [-0.2, -0.15) is 4.52 Å². The van der Waals surface area contributed by atoms with Crippen LogP contribution >= 0.6 is 0 Å². The quantitative estimate of drug-likeness (QED) is 0.576. The maximum Gasteiger partial charge on any atom is 0.223 e. The SMILES string of the molecule is Nc1nc(-c2cccc(N3CCNCC3)c2)cc2nc(-c3ccco3)nn12. The monoisotopic (exact) mass is 361 g/mol. The Balaban J connectivity index is 1.55. The number of nitrogens with one attached hydrogen (secondary N) is 1. The Hall–Kier alpha value is -3.39. The van der Waals surface area contributed by atoms with Crippen molar-refractivity contribution in [2.24, 2.45) is 0 Å². The van der Waals surface area contributed by atoms with Gasteiger partial charge in [-0.25, -0.2) is 9.97 Å². The van der Waals surface area contributed by atoms with Gasteiger partial charge in [-0.3, -0.25) is 0 Å². The molecule has 1 aliphatic rings. The lowest BCUT2D eigenvalue weighted by atomic mass is 10.1. The number of aromatic nitrogens is 4. The maximum absolute atomic E-state index is 6.14. The molecule has 0 radical (unpaired) electrons. The molecule has 4 aromatic rings. The smallest absolute Gasteiger partial charge is 0.223 e. The van der Waals surface area contributed by atoms with Gasteiger partial charge in [-0.15, -0.1) is 5.10 Å². The second kappa shape index (κ2) is 6.40. The van der Waals surface area contributed by atoms with Gasteiger partial charge in [-0.1, -0.05) is 12.1 Å². The number of nitrogens with two attached hydrogens (primary N) is 1. The van der Waals surface area contributed by atoms with E-state index in [0.29, 0.717) is 23.2 Å².